The van der Waals surface area contributed by atoms with Gasteiger partial charge in [-0.1, -0.05) is 37.6 Å². The fourth-order valence-corrected chi connectivity index (χ4v) is 5.60. The van der Waals surface area contributed by atoms with Crippen LogP contribution in [0, 0.1) is 12.7 Å². The van der Waals surface area contributed by atoms with E-state index in [4.69, 9.17) is 11.6 Å². The number of benzene rings is 2. The molecule has 3 rings (SSSR count). The van der Waals surface area contributed by atoms with Gasteiger partial charge in [-0.15, -0.1) is 0 Å². The molecule has 9 heteroatoms. The maximum Gasteiger partial charge on any atom is 0.254 e. The molecule has 1 amide bonds. The van der Waals surface area contributed by atoms with Crippen LogP contribution in [0.2, 0.25) is 5.02 Å². The molecule has 0 spiro atoms. The van der Waals surface area contributed by atoms with Gasteiger partial charge in [0.15, 0.2) is 0 Å². The second-order valence-electron chi connectivity index (χ2n) is 7.83. The molecule has 2 aromatic rings. The van der Waals surface area contributed by atoms with E-state index >= 15 is 0 Å². The van der Waals surface area contributed by atoms with E-state index in [9.17, 15) is 17.6 Å². The van der Waals surface area contributed by atoms with E-state index in [1.165, 1.54) is 16.4 Å². The van der Waals surface area contributed by atoms with Gasteiger partial charge in [0.1, 0.15) is 5.82 Å². The van der Waals surface area contributed by atoms with Crippen molar-refractivity contribution in [1.82, 2.24) is 14.1 Å². The van der Waals surface area contributed by atoms with Crippen LogP contribution in [0.1, 0.15) is 35.3 Å². The molecule has 0 aliphatic carbocycles. The Balaban J connectivity index is 1.72. The molecule has 32 heavy (non-hydrogen) atoms. The molecule has 0 saturated carbocycles. The molecule has 2 aromatic carbocycles. The summed E-state index contributed by atoms with van der Waals surface area (Å²) < 4.78 is 41.2. The zero-order valence-electron chi connectivity index (χ0n) is 18.6. The fraction of sp³-hybridized carbons (Fsp3) is 0.435. The number of aryl methyl sites for hydroxylation is 1. The van der Waals surface area contributed by atoms with Gasteiger partial charge in [0, 0.05) is 62.0 Å². The average Bonchev–Trinajstić information content (AvgIpc) is 2.77. The number of halogens is 2. The van der Waals surface area contributed by atoms with Crippen molar-refractivity contribution in [3.63, 3.8) is 0 Å². The topological polar surface area (TPSA) is 60.9 Å². The van der Waals surface area contributed by atoms with Crippen molar-refractivity contribution in [3.8, 4) is 0 Å². The number of rotatable bonds is 7. The van der Waals surface area contributed by atoms with Gasteiger partial charge in [0.25, 0.3) is 5.91 Å². The third-order valence-electron chi connectivity index (χ3n) is 5.89. The summed E-state index contributed by atoms with van der Waals surface area (Å²) in [6.07, 6.45) is 0. The minimum Gasteiger partial charge on any atom is -0.336 e. The Hall–Kier alpha value is -2.00. The Morgan fingerprint density at radius 2 is 1.75 bits per heavy atom. The first kappa shape index (κ1) is 24.6. The summed E-state index contributed by atoms with van der Waals surface area (Å²) in [7, 11) is -3.65. The van der Waals surface area contributed by atoms with Crippen LogP contribution in [0.4, 0.5) is 4.39 Å². The van der Waals surface area contributed by atoms with Gasteiger partial charge in [-0.25, -0.2) is 12.8 Å². The molecular weight excluding hydrogens is 453 g/mol. The quantitative estimate of drug-likeness (QED) is 0.604. The van der Waals surface area contributed by atoms with Gasteiger partial charge >= 0.3 is 0 Å². The van der Waals surface area contributed by atoms with E-state index in [1.54, 1.807) is 49.9 Å². The van der Waals surface area contributed by atoms with Gasteiger partial charge < -0.3 is 4.90 Å². The second-order valence-corrected chi connectivity index (χ2v) is 10.2. The molecule has 1 fully saturated rings. The Bertz CT molecular complexity index is 1060. The van der Waals surface area contributed by atoms with Gasteiger partial charge in [0.2, 0.25) is 10.0 Å². The number of hydrogen-bond acceptors (Lipinski definition) is 4. The van der Waals surface area contributed by atoms with Gasteiger partial charge in [-0.2, -0.15) is 4.31 Å². The summed E-state index contributed by atoms with van der Waals surface area (Å²) in [5.74, 6) is -0.527. The largest absolute Gasteiger partial charge is 0.336 e. The Kier molecular flexibility index (Phi) is 7.92. The van der Waals surface area contributed by atoms with E-state index in [2.05, 4.69) is 4.90 Å². The zero-order valence-corrected chi connectivity index (χ0v) is 20.2. The summed E-state index contributed by atoms with van der Waals surface area (Å²) in [6, 6.07) is 9.35. The van der Waals surface area contributed by atoms with Crippen LogP contribution in [0.5, 0.6) is 0 Å². The maximum atomic E-state index is 14.1. The Labute approximate surface area is 194 Å². The van der Waals surface area contributed by atoms with Crippen LogP contribution in [0.15, 0.2) is 41.3 Å². The lowest BCUT2D eigenvalue weighted by Crippen LogP contribution is -2.48. The summed E-state index contributed by atoms with van der Waals surface area (Å²) in [4.78, 5) is 17.1. The number of hydrogen-bond donors (Lipinski definition) is 0. The molecule has 174 valence electrons. The van der Waals surface area contributed by atoms with E-state index in [-0.39, 0.29) is 16.6 Å². The molecular formula is C23H29ClFN3O3S. The highest BCUT2D eigenvalue weighted by atomic mass is 35.5. The highest BCUT2D eigenvalue weighted by Crippen LogP contribution is 2.23. The van der Waals surface area contributed by atoms with Crippen molar-refractivity contribution in [1.29, 1.82) is 0 Å². The van der Waals surface area contributed by atoms with Crippen LogP contribution in [-0.2, 0) is 16.6 Å². The van der Waals surface area contributed by atoms with E-state index in [0.717, 1.165) is 5.56 Å². The first-order valence-corrected chi connectivity index (χ1v) is 12.6. The standard InChI is InChI=1S/C23H29ClFN3O3S/c1-4-28(5-2)32(30,31)18-10-9-17(3)19(15-18)23(29)27-13-11-26(12-14-27)16-20-21(24)7-6-8-22(20)25/h6-10,15H,4-5,11-14,16H2,1-3H3. The van der Waals surface area contributed by atoms with Crippen molar-refractivity contribution in [2.45, 2.75) is 32.2 Å². The van der Waals surface area contributed by atoms with Gasteiger partial charge in [-0.3, -0.25) is 9.69 Å². The Morgan fingerprint density at radius 3 is 2.34 bits per heavy atom. The molecule has 0 N–H and O–H groups in total. The number of carbonyl (C=O) groups excluding carboxylic acids is 1. The van der Waals surface area contributed by atoms with Crippen molar-refractivity contribution >= 4 is 27.5 Å². The van der Waals surface area contributed by atoms with Crippen molar-refractivity contribution in [2.24, 2.45) is 0 Å². The molecule has 1 saturated heterocycles. The summed E-state index contributed by atoms with van der Waals surface area (Å²) in [5.41, 5.74) is 1.58. The summed E-state index contributed by atoms with van der Waals surface area (Å²) >= 11 is 6.14. The fourth-order valence-electron chi connectivity index (χ4n) is 3.89. The predicted octanol–water partition coefficient (Wildman–Crippen LogP) is 3.78. The third-order valence-corrected chi connectivity index (χ3v) is 8.29. The maximum absolute atomic E-state index is 14.1. The summed E-state index contributed by atoms with van der Waals surface area (Å²) in [6.45, 7) is 8.58. The average molecular weight is 482 g/mol. The van der Waals surface area contributed by atoms with E-state index < -0.39 is 10.0 Å². The minimum atomic E-state index is -3.65. The number of carbonyl (C=O) groups is 1. The third kappa shape index (κ3) is 5.14. The monoisotopic (exact) mass is 481 g/mol. The zero-order chi connectivity index (χ0) is 23.5. The first-order chi connectivity index (χ1) is 15.2. The van der Waals surface area contributed by atoms with E-state index in [1.807, 2.05) is 0 Å². The molecule has 0 aromatic heterocycles. The lowest BCUT2D eigenvalue weighted by atomic mass is 10.1. The number of sulfonamides is 1. The predicted molar refractivity (Wildman–Crippen MR) is 124 cm³/mol. The molecule has 0 bridgehead atoms. The van der Waals surface area contributed by atoms with Gasteiger partial charge in [-0.05, 0) is 36.8 Å². The van der Waals surface area contributed by atoms with Crippen LogP contribution in [-0.4, -0.2) is 67.7 Å². The van der Waals surface area contributed by atoms with Crippen LogP contribution < -0.4 is 0 Å². The van der Waals surface area contributed by atoms with E-state index in [0.29, 0.717) is 62.0 Å². The van der Waals surface area contributed by atoms with Crippen molar-refractivity contribution in [3.05, 3.63) is 63.9 Å². The molecule has 1 aliphatic heterocycles. The molecule has 0 radical (unpaired) electrons. The number of amides is 1. The highest BCUT2D eigenvalue weighted by molar-refractivity contribution is 7.89. The molecule has 1 heterocycles. The normalized spacial score (nSPS) is 15.4. The summed E-state index contributed by atoms with van der Waals surface area (Å²) in [5, 5.41) is 0.394. The van der Waals surface area contributed by atoms with Crippen LogP contribution in [0.25, 0.3) is 0 Å². The lowest BCUT2D eigenvalue weighted by molar-refractivity contribution is 0.0626. The lowest BCUT2D eigenvalue weighted by Gasteiger charge is -2.35. The van der Waals surface area contributed by atoms with Gasteiger partial charge in [0.05, 0.1) is 4.90 Å². The first-order valence-electron chi connectivity index (χ1n) is 10.7. The molecule has 0 atom stereocenters. The van der Waals surface area contributed by atoms with Crippen molar-refractivity contribution in [2.75, 3.05) is 39.3 Å². The molecule has 0 unspecified atom stereocenters. The number of piperazine rings is 1. The number of nitrogens with zero attached hydrogens (tertiary/aromatic N) is 3. The smallest absolute Gasteiger partial charge is 0.254 e. The van der Waals surface area contributed by atoms with Crippen LogP contribution >= 0.6 is 11.6 Å². The van der Waals surface area contributed by atoms with Crippen LogP contribution in [0.3, 0.4) is 0 Å². The SMILES string of the molecule is CCN(CC)S(=O)(=O)c1ccc(C)c(C(=O)N2CCN(Cc3c(F)cccc3Cl)CC2)c1. The van der Waals surface area contributed by atoms with Crippen molar-refractivity contribution < 1.29 is 17.6 Å². The minimum absolute atomic E-state index is 0.128. The Morgan fingerprint density at radius 1 is 1.09 bits per heavy atom. The highest BCUT2D eigenvalue weighted by Gasteiger charge is 2.27. The molecule has 1 aliphatic rings. The molecule has 6 nitrogen and oxygen atoms in total. The second kappa shape index (κ2) is 10.3.